The zero-order valence-electron chi connectivity index (χ0n) is 10.6. The lowest BCUT2D eigenvalue weighted by Gasteiger charge is -2.07. The summed E-state index contributed by atoms with van der Waals surface area (Å²) < 4.78 is 1.88. The normalized spacial score (nSPS) is 12.9. The molecule has 4 nitrogen and oxygen atoms in total. The standard InChI is InChI=1S/C13H18N4/c1-5-9(2)14-7-12-8-15-17-11(4)6-10(3)16-13(12)17/h5-6,8-9,14H,1,7H2,2-4H3. The van der Waals surface area contributed by atoms with Crippen LogP contribution in [0.4, 0.5) is 0 Å². The molecule has 1 atom stereocenters. The van der Waals surface area contributed by atoms with Gasteiger partial charge >= 0.3 is 0 Å². The van der Waals surface area contributed by atoms with Gasteiger partial charge in [0.15, 0.2) is 5.65 Å². The van der Waals surface area contributed by atoms with Crippen LogP contribution in [0.15, 0.2) is 24.9 Å². The van der Waals surface area contributed by atoms with Gasteiger partial charge in [-0.25, -0.2) is 9.50 Å². The molecule has 1 N–H and O–H groups in total. The fourth-order valence-electron chi connectivity index (χ4n) is 1.79. The first-order chi connectivity index (χ1) is 8.11. The van der Waals surface area contributed by atoms with Crippen LogP contribution in [-0.2, 0) is 6.54 Å². The van der Waals surface area contributed by atoms with Gasteiger partial charge < -0.3 is 5.32 Å². The lowest BCUT2D eigenvalue weighted by molar-refractivity contribution is 0.636. The molecule has 17 heavy (non-hydrogen) atoms. The first kappa shape index (κ1) is 11.8. The molecule has 2 aromatic heterocycles. The molecule has 0 amide bonds. The molecule has 2 aromatic rings. The van der Waals surface area contributed by atoms with Crippen molar-refractivity contribution in [1.29, 1.82) is 0 Å². The Bertz CT molecular complexity index is 542. The fourth-order valence-corrected chi connectivity index (χ4v) is 1.79. The molecule has 0 aliphatic heterocycles. The smallest absolute Gasteiger partial charge is 0.159 e. The summed E-state index contributed by atoms with van der Waals surface area (Å²) in [5.41, 5.74) is 4.18. The van der Waals surface area contributed by atoms with Crippen molar-refractivity contribution in [1.82, 2.24) is 19.9 Å². The van der Waals surface area contributed by atoms with Crippen LogP contribution in [0.1, 0.15) is 23.9 Å². The van der Waals surface area contributed by atoms with E-state index < -0.39 is 0 Å². The second-order valence-corrected chi connectivity index (χ2v) is 4.35. The predicted molar refractivity (Wildman–Crippen MR) is 69.0 cm³/mol. The quantitative estimate of drug-likeness (QED) is 0.817. The van der Waals surface area contributed by atoms with Crippen LogP contribution in [0.25, 0.3) is 5.65 Å². The van der Waals surface area contributed by atoms with Crippen LogP contribution in [0, 0.1) is 13.8 Å². The van der Waals surface area contributed by atoms with E-state index in [1.54, 1.807) is 0 Å². The highest BCUT2D eigenvalue weighted by molar-refractivity contribution is 5.47. The van der Waals surface area contributed by atoms with Gasteiger partial charge in [0, 0.05) is 29.5 Å². The molecule has 4 heteroatoms. The van der Waals surface area contributed by atoms with E-state index in [0.717, 1.165) is 29.1 Å². The van der Waals surface area contributed by atoms with Gasteiger partial charge in [-0.3, -0.25) is 0 Å². The molecule has 0 fully saturated rings. The van der Waals surface area contributed by atoms with Crippen LogP contribution in [0.5, 0.6) is 0 Å². The Kier molecular flexibility index (Phi) is 3.24. The summed E-state index contributed by atoms with van der Waals surface area (Å²) in [6, 6.07) is 2.32. The number of aromatic nitrogens is 3. The molecule has 0 bridgehead atoms. The fraction of sp³-hybridized carbons (Fsp3) is 0.385. The predicted octanol–water partition coefficient (Wildman–Crippen LogP) is 2.01. The van der Waals surface area contributed by atoms with Crippen molar-refractivity contribution < 1.29 is 0 Å². The van der Waals surface area contributed by atoms with Gasteiger partial charge in [0.1, 0.15) is 0 Å². The molecule has 0 radical (unpaired) electrons. The maximum absolute atomic E-state index is 4.53. The van der Waals surface area contributed by atoms with Crippen molar-refractivity contribution >= 4 is 5.65 Å². The molecule has 2 rings (SSSR count). The lowest BCUT2D eigenvalue weighted by atomic mass is 10.2. The third kappa shape index (κ3) is 2.36. The Hall–Kier alpha value is -1.68. The van der Waals surface area contributed by atoms with E-state index >= 15 is 0 Å². The topological polar surface area (TPSA) is 42.2 Å². The first-order valence-electron chi connectivity index (χ1n) is 5.78. The Labute approximate surface area is 101 Å². The third-order valence-corrected chi connectivity index (χ3v) is 2.82. The summed E-state index contributed by atoms with van der Waals surface area (Å²) in [6.07, 6.45) is 3.76. The van der Waals surface area contributed by atoms with Crippen LogP contribution < -0.4 is 5.32 Å². The summed E-state index contributed by atoms with van der Waals surface area (Å²) in [7, 11) is 0. The minimum atomic E-state index is 0.288. The van der Waals surface area contributed by atoms with E-state index in [1.807, 2.05) is 36.7 Å². The Morgan fingerprint density at radius 2 is 2.29 bits per heavy atom. The largest absolute Gasteiger partial charge is 0.307 e. The highest BCUT2D eigenvalue weighted by Crippen LogP contribution is 2.11. The van der Waals surface area contributed by atoms with Crippen LogP contribution in [0.2, 0.25) is 0 Å². The number of aryl methyl sites for hydroxylation is 2. The van der Waals surface area contributed by atoms with Gasteiger partial charge in [-0.1, -0.05) is 6.08 Å². The van der Waals surface area contributed by atoms with E-state index in [2.05, 4.69) is 28.9 Å². The molecule has 0 aliphatic rings. The zero-order chi connectivity index (χ0) is 12.4. The van der Waals surface area contributed by atoms with E-state index in [-0.39, 0.29) is 6.04 Å². The number of rotatable bonds is 4. The van der Waals surface area contributed by atoms with Crippen molar-refractivity contribution in [3.8, 4) is 0 Å². The Balaban J connectivity index is 2.32. The van der Waals surface area contributed by atoms with E-state index in [0.29, 0.717) is 0 Å². The lowest BCUT2D eigenvalue weighted by Crippen LogP contribution is -2.22. The van der Waals surface area contributed by atoms with Crippen molar-refractivity contribution in [3.63, 3.8) is 0 Å². The zero-order valence-corrected chi connectivity index (χ0v) is 10.6. The summed E-state index contributed by atoms with van der Waals surface area (Å²) in [5.74, 6) is 0. The SMILES string of the molecule is C=CC(C)NCc1cnn2c(C)cc(C)nc12. The van der Waals surface area contributed by atoms with Crippen molar-refractivity contribution in [2.75, 3.05) is 0 Å². The number of nitrogens with zero attached hydrogens (tertiary/aromatic N) is 3. The van der Waals surface area contributed by atoms with Gasteiger partial charge in [-0.05, 0) is 26.8 Å². The summed E-state index contributed by atoms with van der Waals surface area (Å²) in [5, 5.41) is 7.71. The van der Waals surface area contributed by atoms with Crippen molar-refractivity contribution in [3.05, 3.63) is 41.9 Å². The minimum Gasteiger partial charge on any atom is -0.307 e. The maximum atomic E-state index is 4.53. The minimum absolute atomic E-state index is 0.288. The van der Waals surface area contributed by atoms with E-state index in [4.69, 9.17) is 0 Å². The second-order valence-electron chi connectivity index (χ2n) is 4.35. The number of hydrogen-bond donors (Lipinski definition) is 1. The van der Waals surface area contributed by atoms with Gasteiger partial charge in [0.2, 0.25) is 0 Å². The van der Waals surface area contributed by atoms with E-state index in [1.165, 1.54) is 0 Å². The van der Waals surface area contributed by atoms with Crippen LogP contribution >= 0.6 is 0 Å². The number of fused-ring (bicyclic) bond motifs is 1. The highest BCUT2D eigenvalue weighted by Gasteiger charge is 2.08. The third-order valence-electron chi connectivity index (χ3n) is 2.82. The Morgan fingerprint density at radius 3 is 3.00 bits per heavy atom. The second kappa shape index (κ2) is 4.67. The summed E-state index contributed by atoms with van der Waals surface area (Å²) in [6.45, 7) is 10.6. The van der Waals surface area contributed by atoms with Gasteiger partial charge in [0.25, 0.3) is 0 Å². The average molecular weight is 230 g/mol. The molecular formula is C13H18N4. The van der Waals surface area contributed by atoms with Crippen molar-refractivity contribution in [2.45, 2.75) is 33.4 Å². The van der Waals surface area contributed by atoms with Crippen LogP contribution in [0.3, 0.4) is 0 Å². The molecule has 2 heterocycles. The Morgan fingerprint density at radius 1 is 1.53 bits per heavy atom. The maximum Gasteiger partial charge on any atom is 0.159 e. The summed E-state index contributed by atoms with van der Waals surface area (Å²) >= 11 is 0. The van der Waals surface area contributed by atoms with Gasteiger partial charge in [0.05, 0.1) is 6.20 Å². The number of nitrogens with one attached hydrogen (secondary N) is 1. The molecule has 90 valence electrons. The molecule has 0 saturated heterocycles. The van der Waals surface area contributed by atoms with Crippen molar-refractivity contribution in [2.24, 2.45) is 0 Å². The van der Waals surface area contributed by atoms with Gasteiger partial charge in [-0.15, -0.1) is 6.58 Å². The molecule has 0 aliphatic carbocycles. The average Bonchev–Trinajstić information content (AvgIpc) is 2.69. The van der Waals surface area contributed by atoms with E-state index in [9.17, 15) is 0 Å². The highest BCUT2D eigenvalue weighted by atomic mass is 15.3. The van der Waals surface area contributed by atoms with Crippen LogP contribution in [-0.4, -0.2) is 20.6 Å². The first-order valence-corrected chi connectivity index (χ1v) is 5.78. The van der Waals surface area contributed by atoms with Gasteiger partial charge in [-0.2, -0.15) is 5.10 Å². The number of hydrogen-bond acceptors (Lipinski definition) is 3. The summed E-state index contributed by atoms with van der Waals surface area (Å²) in [4.78, 5) is 4.53. The molecular weight excluding hydrogens is 212 g/mol. The monoisotopic (exact) mass is 230 g/mol. The molecule has 0 aromatic carbocycles. The molecule has 1 unspecified atom stereocenters. The molecule has 0 spiro atoms. The molecule has 0 saturated carbocycles.